The summed E-state index contributed by atoms with van der Waals surface area (Å²) in [5.74, 6) is 0.555. The molecule has 1 aliphatic rings. The summed E-state index contributed by atoms with van der Waals surface area (Å²) in [4.78, 5) is 18.1. The molecule has 0 bridgehead atoms. The topological polar surface area (TPSA) is 33.2 Å². The first-order chi connectivity index (χ1) is 8.27. The van der Waals surface area contributed by atoms with Crippen LogP contribution >= 0.6 is 0 Å². The van der Waals surface area contributed by atoms with Gasteiger partial charge in [-0.25, -0.2) is 0 Å². The van der Waals surface area contributed by atoms with Gasteiger partial charge in [0.1, 0.15) is 0 Å². The molecule has 1 heterocycles. The lowest BCUT2D eigenvalue weighted by molar-refractivity contribution is -0.135. The molecule has 2 rings (SSSR count). The molecule has 0 saturated heterocycles. The van der Waals surface area contributed by atoms with E-state index in [1.807, 2.05) is 30.3 Å². The fourth-order valence-electron chi connectivity index (χ4n) is 2.50. The van der Waals surface area contributed by atoms with Crippen molar-refractivity contribution in [2.75, 3.05) is 7.05 Å². The summed E-state index contributed by atoms with van der Waals surface area (Å²) >= 11 is 0. The van der Waals surface area contributed by atoms with Gasteiger partial charge in [0, 0.05) is 31.9 Å². The Hall–Kier alpha value is -1.38. The van der Waals surface area contributed by atoms with Crippen molar-refractivity contribution < 1.29 is 4.79 Å². The third kappa shape index (κ3) is 3.29. The average molecular weight is 232 g/mol. The molecule has 0 N–H and O–H groups in total. The van der Waals surface area contributed by atoms with Crippen LogP contribution < -0.4 is 0 Å². The maximum Gasteiger partial charge on any atom is 0.225 e. The van der Waals surface area contributed by atoms with Gasteiger partial charge in [0.25, 0.3) is 0 Å². The number of pyridine rings is 1. The van der Waals surface area contributed by atoms with Crippen molar-refractivity contribution in [3.05, 3.63) is 30.1 Å². The van der Waals surface area contributed by atoms with Crippen LogP contribution in [0.15, 0.2) is 24.5 Å². The molecule has 0 atom stereocenters. The van der Waals surface area contributed by atoms with Crippen LogP contribution in [0, 0.1) is 5.92 Å². The number of rotatable bonds is 3. The van der Waals surface area contributed by atoms with E-state index in [4.69, 9.17) is 0 Å². The van der Waals surface area contributed by atoms with Crippen molar-refractivity contribution in [2.24, 2.45) is 5.92 Å². The molecule has 17 heavy (non-hydrogen) atoms. The second kappa shape index (κ2) is 5.80. The number of hydrogen-bond acceptors (Lipinski definition) is 2. The van der Waals surface area contributed by atoms with Crippen LogP contribution in [0.4, 0.5) is 0 Å². The molecule has 92 valence electrons. The van der Waals surface area contributed by atoms with Crippen molar-refractivity contribution in [3.8, 4) is 0 Å². The first kappa shape index (κ1) is 12.1. The Bertz CT molecular complexity index is 358. The van der Waals surface area contributed by atoms with Gasteiger partial charge in [0.2, 0.25) is 5.91 Å². The minimum Gasteiger partial charge on any atom is -0.341 e. The first-order valence-corrected chi connectivity index (χ1v) is 6.41. The van der Waals surface area contributed by atoms with Gasteiger partial charge in [-0.1, -0.05) is 25.3 Å². The second-order valence-corrected chi connectivity index (χ2v) is 4.89. The van der Waals surface area contributed by atoms with Gasteiger partial charge in [-0.3, -0.25) is 9.78 Å². The average Bonchev–Trinajstić information content (AvgIpc) is 2.40. The van der Waals surface area contributed by atoms with Crippen LogP contribution in [-0.2, 0) is 11.3 Å². The summed E-state index contributed by atoms with van der Waals surface area (Å²) in [6.45, 7) is 0.670. The Labute approximate surface area is 103 Å². The molecule has 3 heteroatoms. The van der Waals surface area contributed by atoms with Crippen LogP contribution in [0.3, 0.4) is 0 Å². The lowest BCUT2D eigenvalue weighted by Gasteiger charge is -2.26. The molecule has 0 spiro atoms. The van der Waals surface area contributed by atoms with Gasteiger partial charge in [-0.2, -0.15) is 0 Å². The van der Waals surface area contributed by atoms with E-state index in [2.05, 4.69) is 4.98 Å². The van der Waals surface area contributed by atoms with Crippen LogP contribution in [0.25, 0.3) is 0 Å². The zero-order valence-electron chi connectivity index (χ0n) is 10.4. The van der Waals surface area contributed by atoms with Crippen LogP contribution in [0.2, 0.25) is 0 Å². The number of amides is 1. The molecule has 0 aromatic carbocycles. The number of nitrogens with zero attached hydrogens (tertiary/aromatic N) is 2. The van der Waals surface area contributed by atoms with Crippen molar-refractivity contribution in [1.29, 1.82) is 0 Å². The van der Waals surface area contributed by atoms with Gasteiger partial charge in [0.15, 0.2) is 0 Å². The van der Waals surface area contributed by atoms with E-state index in [-0.39, 0.29) is 5.92 Å². The summed E-state index contributed by atoms with van der Waals surface area (Å²) < 4.78 is 0. The van der Waals surface area contributed by atoms with Crippen LogP contribution in [-0.4, -0.2) is 22.8 Å². The van der Waals surface area contributed by atoms with E-state index in [1.54, 1.807) is 6.20 Å². The predicted octanol–water partition coefficient (Wildman–Crippen LogP) is 2.62. The van der Waals surface area contributed by atoms with Gasteiger partial charge >= 0.3 is 0 Å². The van der Waals surface area contributed by atoms with E-state index in [9.17, 15) is 4.79 Å². The van der Waals surface area contributed by atoms with E-state index < -0.39 is 0 Å². The highest BCUT2D eigenvalue weighted by Crippen LogP contribution is 2.25. The largest absolute Gasteiger partial charge is 0.341 e. The molecule has 1 aliphatic carbocycles. The van der Waals surface area contributed by atoms with Gasteiger partial charge in [0.05, 0.1) is 0 Å². The highest BCUT2D eigenvalue weighted by atomic mass is 16.2. The maximum absolute atomic E-state index is 12.2. The summed E-state index contributed by atoms with van der Waals surface area (Å²) in [7, 11) is 1.89. The number of carbonyl (C=O) groups is 1. The SMILES string of the molecule is CN(Cc1cccnc1)C(=O)C1CCCCC1. The molecular weight excluding hydrogens is 212 g/mol. The highest BCUT2D eigenvalue weighted by molar-refractivity contribution is 5.78. The molecule has 1 aromatic heterocycles. The molecule has 0 radical (unpaired) electrons. The Morgan fingerprint density at radius 2 is 2.18 bits per heavy atom. The van der Waals surface area contributed by atoms with Crippen molar-refractivity contribution >= 4 is 5.91 Å². The second-order valence-electron chi connectivity index (χ2n) is 4.89. The summed E-state index contributed by atoms with van der Waals surface area (Å²) in [5, 5.41) is 0. The van der Waals surface area contributed by atoms with Crippen molar-refractivity contribution in [2.45, 2.75) is 38.6 Å². The van der Waals surface area contributed by atoms with Gasteiger partial charge in [-0.15, -0.1) is 0 Å². The smallest absolute Gasteiger partial charge is 0.225 e. The summed E-state index contributed by atoms with van der Waals surface area (Å²) in [5.41, 5.74) is 1.10. The minimum atomic E-state index is 0.255. The van der Waals surface area contributed by atoms with Crippen LogP contribution in [0.1, 0.15) is 37.7 Å². The fourth-order valence-corrected chi connectivity index (χ4v) is 2.50. The number of carbonyl (C=O) groups excluding carboxylic acids is 1. The molecule has 1 saturated carbocycles. The predicted molar refractivity (Wildman–Crippen MR) is 67.3 cm³/mol. The zero-order chi connectivity index (χ0) is 12.1. The van der Waals surface area contributed by atoms with E-state index in [0.717, 1.165) is 18.4 Å². The van der Waals surface area contributed by atoms with Gasteiger partial charge < -0.3 is 4.90 Å². The molecule has 0 aliphatic heterocycles. The molecule has 0 unspecified atom stereocenters. The normalized spacial score (nSPS) is 16.8. The zero-order valence-corrected chi connectivity index (χ0v) is 10.4. The molecule has 3 nitrogen and oxygen atoms in total. The maximum atomic E-state index is 12.2. The molecular formula is C14H20N2O. The monoisotopic (exact) mass is 232 g/mol. The lowest BCUT2D eigenvalue weighted by Crippen LogP contribution is -2.33. The number of hydrogen-bond donors (Lipinski definition) is 0. The van der Waals surface area contributed by atoms with E-state index in [0.29, 0.717) is 12.5 Å². The highest BCUT2D eigenvalue weighted by Gasteiger charge is 2.23. The third-order valence-electron chi connectivity index (χ3n) is 3.47. The van der Waals surface area contributed by atoms with E-state index in [1.165, 1.54) is 19.3 Å². The molecule has 1 fully saturated rings. The Kier molecular flexibility index (Phi) is 4.13. The Morgan fingerprint density at radius 3 is 2.82 bits per heavy atom. The molecule has 1 amide bonds. The minimum absolute atomic E-state index is 0.255. The quantitative estimate of drug-likeness (QED) is 0.802. The third-order valence-corrected chi connectivity index (χ3v) is 3.47. The fraction of sp³-hybridized carbons (Fsp3) is 0.571. The van der Waals surface area contributed by atoms with Crippen molar-refractivity contribution in [3.63, 3.8) is 0 Å². The summed E-state index contributed by atoms with van der Waals surface area (Å²) in [6.07, 6.45) is 9.41. The number of aromatic nitrogens is 1. The Balaban J connectivity index is 1.90. The van der Waals surface area contributed by atoms with Gasteiger partial charge in [-0.05, 0) is 24.5 Å². The Morgan fingerprint density at radius 1 is 1.41 bits per heavy atom. The van der Waals surface area contributed by atoms with Crippen LogP contribution in [0.5, 0.6) is 0 Å². The molecule has 1 aromatic rings. The first-order valence-electron chi connectivity index (χ1n) is 6.41. The summed E-state index contributed by atoms with van der Waals surface area (Å²) in [6, 6.07) is 3.92. The van der Waals surface area contributed by atoms with E-state index >= 15 is 0 Å². The lowest BCUT2D eigenvalue weighted by atomic mass is 9.88. The van der Waals surface area contributed by atoms with Crippen molar-refractivity contribution in [1.82, 2.24) is 9.88 Å². The standard InChI is InChI=1S/C14H20N2O/c1-16(11-12-6-5-9-15-10-12)14(17)13-7-3-2-4-8-13/h5-6,9-10,13H,2-4,7-8,11H2,1H3.